The topological polar surface area (TPSA) is 86.5 Å². The van der Waals surface area contributed by atoms with E-state index in [9.17, 15) is 14.3 Å². The van der Waals surface area contributed by atoms with Crippen molar-refractivity contribution < 1.29 is 9.50 Å². The number of hydrogen-bond acceptors (Lipinski definition) is 5. The smallest absolute Gasteiger partial charge is 0.277 e. The summed E-state index contributed by atoms with van der Waals surface area (Å²) in [6, 6.07) is 6.59. The highest BCUT2D eigenvalue weighted by atomic mass is 19.1. The molecule has 0 bridgehead atoms. The van der Waals surface area contributed by atoms with E-state index in [1.807, 2.05) is 26.0 Å². The summed E-state index contributed by atoms with van der Waals surface area (Å²) in [7, 11) is 0. The van der Waals surface area contributed by atoms with Crippen molar-refractivity contribution in [3.05, 3.63) is 63.8 Å². The third kappa shape index (κ3) is 3.70. The summed E-state index contributed by atoms with van der Waals surface area (Å²) in [5, 5.41) is 14.0. The molecule has 0 spiro atoms. The zero-order chi connectivity index (χ0) is 20.5. The molecule has 2 unspecified atom stereocenters. The highest BCUT2D eigenvalue weighted by Crippen LogP contribution is 2.33. The first-order chi connectivity index (χ1) is 14.0. The molecule has 3 aromatic rings. The lowest BCUT2D eigenvalue weighted by atomic mass is 9.90. The number of aliphatic hydroxyl groups is 1. The van der Waals surface area contributed by atoms with Crippen LogP contribution >= 0.6 is 0 Å². The molecule has 4 rings (SSSR count). The number of nitrogens with one attached hydrogen (secondary N) is 1. The molecule has 1 aromatic carbocycles. The molecule has 0 radical (unpaired) electrons. The van der Waals surface area contributed by atoms with Crippen LogP contribution in [0.25, 0.3) is 5.52 Å². The number of hydrogen-bond donors (Lipinski definition) is 2. The minimum absolute atomic E-state index is 0.0480. The van der Waals surface area contributed by atoms with E-state index < -0.39 is 0 Å². The fraction of sp³-hybridized carbons (Fsp3) is 0.476. The molecule has 8 heteroatoms. The Morgan fingerprint density at radius 2 is 2.03 bits per heavy atom. The zero-order valence-electron chi connectivity index (χ0n) is 16.7. The first-order valence-corrected chi connectivity index (χ1v) is 10.1. The van der Waals surface area contributed by atoms with Gasteiger partial charge in [-0.25, -0.2) is 13.9 Å². The van der Waals surface area contributed by atoms with E-state index in [4.69, 9.17) is 0 Å². The fourth-order valence-electron chi connectivity index (χ4n) is 4.02. The lowest BCUT2D eigenvalue weighted by Crippen LogP contribution is -2.46. The summed E-state index contributed by atoms with van der Waals surface area (Å²) >= 11 is 0. The lowest BCUT2D eigenvalue weighted by Gasteiger charge is -2.42. The number of imidazole rings is 1. The molecule has 2 atom stereocenters. The first-order valence-electron chi connectivity index (χ1n) is 10.1. The Hall–Kier alpha value is -2.58. The van der Waals surface area contributed by atoms with Crippen molar-refractivity contribution in [1.29, 1.82) is 0 Å². The Bertz CT molecular complexity index is 1040. The van der Waals surface area contributed by atoms with Gasteiger partial charge in [0.15, 0.2) is 5.52 Å². The van der Waals surface area contributed by atoms with Gasteiger partial charge in [-0.3, -0.25) is 9.69 Å². The Morgan fingerprint density at radius 1 is 1.31 bits per heavy atom. The van der Waals surface area contributed by atoms with Gasteiger partial charge in [-0.15, -0.1) is 0 Å². The van der Waals surface area contributed by atoms with Gasteiger partial charge in [0.2, 0.25) is 0 Å². The summed E-state index contributed by atoms with van der Waals surface area (Å²) in [5.74, 6) is 1.48. The van der Waals surface area contributed by atoms with Crippen molar-refractivity contribution in [3.8, 4) is 0 Å². The second kappa shape index (κ2) is 8.04. The van der Waals surface area contributed by atoms with Crippen LogP contribution in [0.3, 0.4) is 0 Å². The van der Waals surface area contributed by atoms with Crippen LogP contribution in [0.2, 0.25) is 0 Å². The van der Waals surface area contributed by atoms with Gasteiger partial charge < -0.3 is 10.1 Å². The second-order valence-corrected chi connectivity index (χ2v) is 7.75. The van der Waals surface area contributed by atoms with E-state index in [0.29, 0.717) is 29.5 Å². The number of halogens is 1. The molecule has 0 amide bonds. The molecule has 1 aliphatic rings. The number of rotatable bonds is 7. The molecule has 3 heterocycles. The van der Waals surface area contributed by atoms with Gasteiger partial charge in [-0.2, -0.15) is 5.10 Å². The predicted octanol–water partition coefficient (Wildman–Crippen LogP) is 2.59. The Kier molecular flexibility index (Phi) is 5.47. The van der Waals surface area contributed by atoms with E-state index in [-0.39, 0.29) is 29.9 Å². The Labute approximate surface area is 168 Å². The molecule has 0 saturated carbocycles. The van der Waals surface area contributed by atoms with Crippen molar-refractivity contribution >= 4 is 5.52 Å². The standard InChI is InChI=1S/C21H26FN5O2/c1-3-14(8-9-28)20-23-10-18-21(29)24-19(25-27(18)20)13(2)26-11-16(12-26)15-4-6-17(22)7-5-15/h4-7,10,13-14,16,28H,3,8-9,11-12H2,1-2H3,(H,24,25,29). The predicted molar refractivity (Wildman–Crippen MR) is 107 cm³/mol. The van der Waals surface area contributed by atoms with E-state index >= 15 is 0 Å². The molecular formula is C21H26FN5O2. The number of benzene rings is 1. The minimum atomic E-state index is -0.226. The number of nitrogens with zero attached hydrogens (tertiary/aromatic N) is 4. The van der Waals surface area contributed by atoms with Gasteiger partial charge in [-0.05, 0) is 37.5 Å². The van der Waals surface area contributed by atoms with Crippen molar-refractivity contribution in [2.75, 3.05) is 19.7 Å². The number of likely N-dealkylation sites (tertiary alicyclic amines) is 1. The third-order valence-corrected chi connectivity index (χ3v) is 5.98. The highest BCUT2D eigenvalue weighted by molar-refractivity contribution is 5.42. The average molecular weight is 399 g/mol. The van der Waals surface area contributed by atoms with E-state index in [1.54, 1.807) is 10.7 Å². The summed E-state index contributed by atoms with van der Waals surface area (Å²) in [4.78, 5) is 22.1. The zero-order valence-corrected chi connectivity index (χ0v) is 16.7. The maximum Gasteiger partial charge on any atom is 0.277 e. The monoisotopic (exact) mass is 399 g/mol. The summed E-state index contributed by atoms with van der Waals surface area (Å²) in [5.41, 5.74) is 1.33. The lowest BCUT2D eigenvalue weighted by molar-refractivity contribution is 0.0949. The van der Waals surface area contributed by atoms with Crippen LogP contribution in [0.15, 0.2) is 35.3 Å². The van der Waals surface area contributed by atoms with Crippen LogP contribution in [0, 0.1) is 5.82 Å². The number of aromatic amines is 1. The highest BCUT2D eigenvalue weighted by Gasteiger charge is 2.33. The number of aromatic nitrogens is 4. The maximum atomic E-state index is 13.1. The molecular weight excluding hydrogens is 373 g/mol. The number of H-pyrrole nitrogens is 1. The van der Waals surface area contributed by atoms with Crippen LogP contribution in [0.4, 0.5) is 4.39 Å². The molecule has 29 heavy (non-hydrogen) atoms. The van der Waals surface area contributed by atoms with Crippen LogP contribution in [-0.2, 0) is 0 Å². The Balaban J connectivity index is 1.56. The van der Waals surface area contributed by atoms with Crippen molar-refractivity contribution in [2.45, 2.75) is 44.6 Å². The summed E-state index contributed by atoms with van der Waals surface area (Å²) < 4.78 is 14.8. The Morgan fingerprint density at radius 3 is 2.69 bits per heavy atom. The minimum Gasteiger partial charge on any atom is -0.396 e. The SMILES string of the molecule is CCC(CCO)c1ncc2c(=O)[nH]c(C(C)N3CC(c4ccc(F)cc4)C3)nn12. The van der Waals surface area contributed by atoms with Gasteiger partial charge in [0.25, 0.3) is 5.56 Å². The first kappa shape index (κ1) is 19.7. The van der Waals surface area contributed by atoms with Crippen molar-refractivity contribution in [3.63, 3.8) is 0 Å². The number of fused-ring (bicyclic) bond motifs is 1. The van der Waals surface area contributed by atoms with Gasteiger partial charge in [0.05, 0.1) is 12.2 Å². The van der Waals surface area contributed by atoms with Crippen LogP contribution in [-0.4, -0.2) is 49.3 Å². The summed E-state index contributed by atoms with van der Waals surface area (Å²) in [6.45, 7) is 5.78. The second-order valence-electron chi connectivity index (χ2n) is 7.75. The fourth-order valence-corrected chi connectivity index (χ4v) is 4.02. The van der Waals surface area contributed by atoms with E-state index in [2.05, 4.69) is 20.0 Å². The van der Waals surface area contributed by atoms with E-state index in [1.165, 1.54) is 12.1 Å². The van der Waals surface area contributed by atoms with Crippen molar-refractivity contribution in [2.24, 2.45) is 0 Å². The van der Waals surface area contributed by atoms with Gasteiger partial charge in [0, 0.05) is 31.5 Å². The normalized spacial score (nSPS) is 17.4. The van der Waals surface area contributed by atoms with Gasteiger partial charge in [-0.1, -0.05) is 19.1 Å². The van der Waals surface area contributed by atoms with Gasteiger partial charge in [0.1, 0.15) is 17.5 Å². The number of aliphatic hydroxyl groups excluding tert-OH is 1. The summed E-state index contributed by atoms with van der Waals surface area (Å²) in [6.07, 6.45) is 2.94. The molecule has 1 fully saturated rings. The molecule has 1 aliphatic heterocycles. The average Bonchev–Trinajstić information content (AvgIpc) is 3.10. The maximum absolute atomic E-state index is 13.1. The van der Waals surface area contributed by atoms with Gasteiger partial charge >= 0.3 is 0 Å². The molecule has 154 valence electrons. The molecule has 7 nitrogen and oxygen atoms in total. The van der Waals surface area contributed by atoms with Crippen molar-refractivity contribution in [1.82, 2.24) is 24.5 Å². The van der Waals surface area contributed by atoms with Crippen LogP contribution < -0.4 is 5.56 Å². The van der Waals surface area contributed by atoms with Crippen LogP contribution in [0.1, 0.15) is 61.8 Å². The third-order valence-electron chi connectivity index (χ3n) is 5.98. The van der Waals surface area contributed by atoms with Crippen LogP contribution in [0.5, 0.6) is 0 Å². The molecule has 2 N–H and O–H groups in total. The van der Waals surface area contributed by atoms with E-state index in [0.717, 1.165) is 25.1 Å². The molecule has 2 aromatic heterocycles. The molecule has 0 aliphatic carbocycles. The largest absolute Gasteiger partial charge is 0.396 e. The quantitative estimate of drug-likeness (QED) is 0.638. The molecule has 1 saturated heterocycles.